The molecule has 2 aromatic rings. The third kappa shape index (κ3) is 3.68. The van der Waals surface area contributed by atoms with E-state index in [1.807, 2.05) is 6.07 Å². The number of ether oxygens (including phenoxy) is 1. The molecule has 2 nitrogen and oxygen atoms in total. The first-order chi connectivity index (χ1) is 11.1. The second-order valence-corrected chi connectivity index (χ2v) is 8.70. The van der Waals surface area contributed by atoms with E-state index in [1.165, 1.54) is 0 Å². The fourth-order valence-corrected chi connectivity index (χ4v) is 3.07. The molecular formula is C22H32O2. The summed E-state index contributed by atoms with van der Waals surface area (Å²) < 4.78 is 6.11. The normalized spacial score (nSPS) is 12.6. The highest BCUT2D eigenvalue weighted by Gasteiger charge is 2.26. The van der Waals surface area contributed by atoms with Gasteiger partial charge in [0.15, 0.2) is 0 Å². The second kappa shape index (κ2) is 6.66. The Morgan fingerprint density at radius 2 is 1.58 bits per heavy atom. The molecule has 0 radical (unpaired) electrons. The van der Waals surface area contributed by atoms with Gasteiger partial charge in [0, 0.05) is 16.3 Å². The van der Waals surface area contributed by atoms with Gasteiger partial charge in [0.1, 0.15) is 11.5 Å². The molecule has 0 atom stereocenters. The Morgan fingerprint density at radius 3 is 2.12 bits per heavy atom. The van der Waals surface area contributed by atoms with Gasteiger partial charge in [0.25, 0.3) is 0 Å². The summed E-state index contributed by atoms with van der Waals surface area (Å²) in [5.41, 5.74) is 1.91. The number of fused-ring (bicyclic) bond motifs is 1. The molecule has 2 rings (SSSR count). The second-order valence-electron chi connectivity index (χ2n) is 8.70. The van der Waals surface area contributed by atoms with Crippen LogP contribution in [-0.2, 0) is 10.8 Å². The van der Waals surface area contributed by atoms with Gasteiger partial charge in [-0.1, -0.05) is 73.1 Å². The maximum atomic E-state index is 11.1. The average molecular weight is 328 g/mol. The lowest BCUT2D eigenvalue weighted by molar-refractivity contribution is 0.311. The highest BCUT2D eigenvalue weighted by molar-refractivity contribution is 5.97. The van der Waals surface area contributed by atoms with Crippen LogP contribution in [0.5, 0.6) is 11.5 Å². The van der Waals surface area contributed by atoms with Crippen LogP contribution in [0, 0.1) is 0 Å². The lowest BCUT2D eigenvalue weighted by Crippen LogP contribution is -2.15. The smallest absolute Gasteiger partial charge is 0.127 e. The molecule has 1 N–H and O–H groups in total. The van der Waals surface area contributed by atoms with Crippen molar-refractivity contribution in [1.29, 1.82) is 0 Å². The average Bonchev–Trinajstić information content (AvgIpc) is 2.47. The number of hydrogen-bond donors (Lipinski definition) is 1. The van der Waals surface area contributed by atoms with Crippen LogP contribution >= 0.6 is 0 Å². The summed E-state index contributed by atoms with van der Waals surface area (Å²) in [7, 11) is 0. The Kier molecular flexibility index (Phi) is 5.17. The Hall–Kier alpha value is -1.70. The zero-order valence-corrected chi connectivity index (χ0v) is 16.3. The van der Waals surface area contributed by atoms with Crippen LogP contribution < -0.4 is 4.74 Å². The Labute approximate surface area is 146 Å². The highest BCUT2D eigenvalue weighted by Crippen LogP contribution is 2.45. The maximum Gasteiger partial charge on any atom is 0.127 e. The number of rotatable bonds is 4. The molecule has 2 heteroatoms. The molecule has 0 fully saturated rings. The lowest BCUT2D eigenvalue weighted by atomic mass is 9.79. The fraction of sp³-hybridized carbons (Fsp3) is 0.545. The molecule has 0 saturated carbocycles. The van der Waals surface area contributed by atoms with E-state index in [0.717, 1.165) is 40.5 Å². The monoisotopic (exact) mass is 328 g/mol. The van der Waals surface area contributed by atoms with E-state index >= 15 is 0 Å². The molecule has 0 amide bonds. The van der Waals surface area contributed by atoms with Crippen LogP contribution in [-0.4, -0.2) is 11.7 Å². The number of aromatic hydroxyl groups is 1. The first-order valence-corrected chi connectivity index (χ1v) is 8.99. The Bertz CT molecular complexity index is 715. The molecule has 0 aromatic heterocycles. The molecule has 132 valence electrons. The summed E-state index contributed by atoms with van der Waals surface area (Å²) >= 11 is 0. The van der Waals surface area contributed by atoms with Crippen molar-refractivity contribution < 1.29 is 9.84 Å². The highest BCUT2D eigenvalue weighted by atomic mass is 16.5. The van der Waals surface area contributed by atoms with Crippen LogP contribution in [0.25, 0.3) is 10.8 Å². The fourth-order valence-electron chi connectivity index (χ4n) is 3.07. The quantitative estimate of drug-likeness (QED) is 0.665. The van der Waals surface area contributed by atoms with Gasteiger partial charge in [-0.25, -0.2) is 0 Å². The molecule has 0 aliphatic heterocycles. The molecule has 0 heterocycles. The minimum absolute atomic E-state index is 0.0474. The maximum absolute atomic E-state index is 11.1. The van der Waals surface area contributed by atoms with Gasteiger partial charge < -0.3 is 9.84 Å². The van der Waals surface area contributed by atoms with Crippen LogP contribution in [0.4, 0.5) is 0 Å². The summed E-state index contributed by atoms with van der Waals surface area (Å²) in [4.78, 5) is 0. The van der Waals surface area contributed by atoms with Gasteiger partial charge >= 0.3 is 0 Å². The van der Waals surface area contributed by atoms with Crippen molar-refractivity contribution in [3.63, 3.8) is 0 Å². The first-order valence-electron chi connectivity index (χ1n) is 8.99. The summed E-state index contributed by atoms with van der Waals surface area (Å²) in [6.07, 6.45) is 2.14. The van der Waals surface area contributed by atoms with Crippen molar-refractivity contribution in [1.82, 2.24) is 0 Å². The predicted molar refractivity (Wildman–Crippen MR) is 103 cm³/mol. The third-order valence-electron chi connectivity index (χ3n) is 4.47. The van der Waals surface area contributed by atoms with Crippen molar-refractivity contribution in [2.75, 3.05) is 6.61 Å². The molecular weight excluding hydrogens is 296 g/mol. The number of benzene rings is 2. The van der Waals surface area contributed by atoms with Crippen molar-refractivity contribution >= 4 is 10.8 Å². The van der Waals surface area contributed by atoms with E-state index < -0.39 is 0 Å². The van der Waals surface area contributed by atoms with Crippen LogP contribution in [0.2, 0.25) is 0 Å². The van der Waals surface area contributed by atoms with Crippen LogP contribution in [0.15, 0.2) is 24.3 Å². The van der Waals surface area contributed by atoms with Crippen molar-refractivity contribution in [3.05, 3.63) is 35.4 Å². The summed E-state index contributed by atoms with van der Waals surface area (Å²) in [6.45, 7) is 15.8. The lowest BCUT2D eigenvalue weighted by Gasteiger charge is -2.27. The minimum atomic E-state index is -0.147. The molecule has 0 aliphatic rings. The third-order valence-corrected chi connectivity index (χ3v) is 4.47. The molecule has 0 saturated heterocycles. The summed E-state index contributed by atoms with van der Waals surface area (Å²) in [6, 6.07) is 8.26. The van der Waals surface area contributed by atoms with Gasteiger partial charge in [-0.05, 0) is 28.9 Å². The van der Waals surface area contributed by atoms with E-state index in [1.54, 1.807) is 0 Å². The summed E-state index contributed by atoms with van der Waals surface area (Å²) in [5, 5.41) is 13.0. The molecule has 0 spiro atoms. The van der Waals surface area contributed by atoms with Gasteiger partial charge in [0.05, 0.1) is 6.61 Å². The topological polar surface area (TPSA) is 29.5 Å². The van der Waals surface area contributed by atoms with E-state index in [2.05, 4.69) is 66.7 Å². The van der Waals surface area contributed by atoms with E-state index in [9.17, 15) is 5.11 Å². The van der Waals surface area contributed by atoms with Crippen LogP contribution in [0.3, 0.4) is 0 Å². The van der Waals surface area contributed by atoms with E-state index in [0.29, 0.717) is 12.4 Å². The van der Waals surface area contributed by atoms with Gasteiger partial charge in [-0.3, -0.25) is 0 Å². The number of phenols is 1. The predicted octanol–water partition coefficient (Wildman–Crippen LogP) is 6.32. The first kappa shape index (κ1) is 18.6. The number of phenolic OH excluding ortho intramolecular Hbond substituents is 1. The van der Waals surface area contributed by atoms with Gasteiger partial charge in [0.2, 0.25) is 0 Å². The van der Waals surface area contributed by atoms with Crippen LogP contribution in [0.1, 0.15) is 72.4 Å². The molecule has 0 bridgehead atoms. The number of hydrogen-bond acceptors (Lipinski definition) is 2. The zero-order chi connectivity index (χ0) is 18.1. The molecule has 24 heavy (non-hydrogen) atoms. The largest absolute Gasteiger partial charge is 0.507 e. The standard InChI is InChI=1S/C22H32O2/c1-8-9-13-24-18-14-17(22(5,6)7)20(23)19-15(18)11-10-12-16(19)21(2,3)4/h10-12,14,23H,8-9,13H2,1-7H3. The van der Waals surface area contributed by atoms with E-state index in [-0.39, 0.29) is 10.8 Å². The van der Waals surface area contributed by atoms with Crippen molar-refractivity contribution in [3.8, 4) is 11.5 Å². The molecule has 0 unspecified atom stereocenters. The Morgan fingerprint density at radius 1 is 0.958 bits per heavy atom. The molecule has 0 aliphatic carbocycles. The van der Waals surface area contributed by atoms with Crippen molar-refractivity contribution in [2.45, 2.75) is 72.1 Å². The molecule has 2 aromatic carbocycles. The Balaban J connectivity index is 2.79. The SMILES string of the molecule is CCCCOc1cc(C(C)(C)C)c(O)c2c(C(C)(C)C)cccc12. The van der Waals surface area contributed by atoms with Gasteiger partial charge in [-0.2, -0.15) is 0 Å². The van der Waals surface area contributed by atoms with E-state index in [4.69, 9.17) is 4.74 Å². The number of unbranched alkanes of at least 4 members (excludes halogenated alkanes) is 1. The zero-order valence-electron chi connectivity index (χ0n) is 16.3. The van der Waals surface area contributed by atoms with Gasteiger partial charge in [-0.15, -0.1) is 0 Å². The van der Waals surface area contributed by atoms with Crippen molar-refractivity contribution in [2.24, 2.45) is 0 Å². The summed E-state index contributed by atoms with van der Waals surface area (Å²) in [5.74, 6) is 1.28. The minimum Gasteiger partial charge on any atom is -0.507 e.